The number of hydrogen-bond acceptors (Lipinski definition) is 10. The second kappa shape index (κ2) is 15.3. The molecule has 1 aliphatic carbocycles. The highest BCUT2D eigenvalue weighted by molar-refractivity contribution is 5.99. The summed E-state index contributed by atoms with van der Waals surface area (Å²) in [7, 11) is 3.10. The van der Waals surface area contributed by atoms with Crippen LogP contribution in [-0.2, 0) is 23.8 Å². The van der Waals surface area contributed by atoms with E-state index >= 15 is 0 Å². The molecule has 13 heteroatoms. The van der Waals surface area contributed by atoms with Crippen LogP contribution in [-0.4, -0.2) is 119 Å². The van der Waals surface area contributed by atoms with Gasteiger partial charge < -0.3 is 50.2 Å². The largest absolute Gasteiger partial charge is 0.391 e. The molecule has 0 saturated carbocycles. The Balaban J connectivity index is 1.56. The van der Waals surface area contributed by atoms with Gasteiger partial charge in [0.25, 0.3) is 0 Å². The van der Waals surface area contributed by atoms with E-state index in [0.29, 0.717) is 11.1 Å². The van der Waals surface area contributed by atoms with Crippen molar-refractivity contribution in [3.05, 3.63) is 70.5 Å². The summed E-state index contributed by atoms with van der Waals surface area (Å²) < 4.78 is 32.0. The van der Waals surface area contributed by atoms with Gasteiger partial charge in [0.1, 0.15) is 36.3 Å². The zero-order valence-electron chi connectivity index (χ0n) is 28.7. The smallest absolute Gasteiger partial charge is 0.248 e. The van der Waals surface area contributed by atoms with Gasteiger partial charge in [-0.3, -0.25) is 9.59 Å². The summed E-state index contributed by atoms with van der Waals surface area (Å²) in [5.41, 5.74) is 4.57. The highest BCUT2D eigenvalue weighted by atomic mass is 19.1. The van der Waals surface area contributed by atoms with Gasteiger partial charge in [0.2, 0.25) is 11.8 Å². The number of nitrogens with zero attached hydrogens (tertiary/aromatic N) is 1. The van der Waals surface area contributed by atoms with Crippen molar-refractivity contribution < 1.29 is 48.6 Å². The Kier molecular flexibility index (Phi) is 11.6. The lowest BCUT2D eigenvalue weighted by Gasteiger charge is -2.40. The first-order chi connectivity index (χ1) is 23.2. The highest BCUT2D eigenvalue weighted by Crippen LogP contribution is 2.51. The number of likely N-dealkylation sites (N-methyl/N-ethyl adjacent to an activating group) is 1. The fourth-order valence-electron chi connectivity index (χ4n) is 6.89. The number of nitrogens with one attached hydrogen (secondary N) is 2. The van der Waals surface area contributed by atoms with Crippen molar-refractivity contribution in [1.82, 2.24) is 15.5 Å². The number of fused-ring (bicyclic) bond motifs is 1. The van der Waals surface area contributed by atoms with E-state index in [1.54, 1.807) is 44.9 Å². The third-order valence-electron chi connectivity index (χ3n) is 9.98. The fourth-order valence-corrected chi connectivity index (χ4v) is 6.89. The van der Waals surface area contributed by atoms with E-state index in [1.165, 1.54) is 19.2 Å². The number of aliphatic hydroxyl groups is 4. The van der Waals surface area contributed by atoms with Crippen molar-refractivity contribution >= 4 is 23.0 Å². The number of aryl methyl sites for hydroxylation is 1. The van der Waals surface area contributed by atoms with Crippen LogP contribution in [0, 0.1) is 12.7 Å². The lowest BCUT2D eigenvalue weighted by Crippen LogP contribution is -2.57. The molecule has 5 rings (SSSR count). The number of likely N-dealkylation sites (tertiary alicyclic amines) is 1. The predicted molar refractivity (Wildman–Crippen MR) is 178 cm³/mol. The van der Waals surface area contributed by atoms with Crippen LogP contribution in [0.4, 0.5) is 4.39 Å². The molecule has 0 spiro atoms. The third-order valence-corrected chi connectivity index (χ3v) is 9.98. The topological polar surface area (TPSA) is 170 Å². The second-order valence-corrected chi connectivity index (χ2v) is 13.4. The number of amides is 2. The molecule has 6 N–H and O–H groups in total. The number of aliphatic hydroxyl groups excluding tert-OH is 4. The highest BCUT2D eigenvalue weighted by Gasteiger charge is 2.47. The summed E-state index contributed by atoms with van der Waals surface area (Å²) >= 11 is 0. The van der Waals surface area contributed by atoms with Crippen LogP contribution in [0.1, 0.15) is 62.0 Å². The first kappa shape index (κ1) is 37.0. The number of hydrogen-bond donors (Lipinski definition) is 6. The van der Waals surface area contributed by atoms with E-state index in [0.717, 1.165) is 22.3 Å². The maximum absolute atomic E-state index is 14.2. The summed E-state index contributed by atoms with van der Waals surface area (Å²) in [6, 6.07) is 9.65. The number of carbonyl (C=O) groups excluding carboxylic acids is 2. The van der Waals surface area contributed by atoms with Crippen molar-refractivity contribution in [2.75, 3.05) is 20.7 Å². The normalized spacial score (nSPS) is 30.2. The molecule has 12 nitrogen and oxygen atoms in total. The van der Waals surface area contributed by atoms with Crippen LogP contribution < -0.4 is 10.6 Å². The summed E-state index contributed by atoms with van der Waals surface area (Å²) in [4.78, 5) is 28.6. The molecule has 2 amide bonds. The maximum atomic E-state index is 14.2. The van der Waals surface area contributed by atoms with Gasteiger partial charge in [0.15, 0.2) is 6.29 Å². The Hall–Kier alpha value is -3.27. The number of halogens is 1. The molecular formula is C36H48FN3O9. The summed E-state index contributed by atoms with van der Waals surface area (Å²) in [6.45, 7) is 6.94. The number of carbonyl (C=O) groups is 2. The molecule has 2 aliphatic heterocycles. The van der Waals surface area contributed by atoms with Crippen LogP contribution in [0.3, 0.4) is 0 Å². The first-order valence-corrected chi connectivity index (χ1v) is 16.7. The van der Waals surface area contributed by atoms with E-state index < -0.39 is 78.9 Å². The summed E-state index contributed by atoms with van der Waals surface area (Å²) in [6.07, 6.45) is -8.33. The Labute approximate surface area is 285 Å². The molecule has 2 saturated heterocycles. The van der Waals surface area contributed by atoms with E-state index in [1.807, 2.05) is 25.1 Å². The zero-order valence-corrected chi connectivity index (χ0v) is 28.7. The molecule has 2 aromatic rings. The molecule has 49 heavy (non-hydrogen) atoms. The van der Waals surface area contributed by atoms with Gasteiger partial charge in [-0.25, -0.2) is 4.39 Å². The fraction of sp³-hybridized carbons (Fsp3) is 0.556. The van der Waals surface area contributed by atoms with Crippen LogP contribution in [0.25, 0.3) is 11.1 Å². The van der Waals surface area contributed by atoms with Gasteiger partial charge in [-0.15, -0.1) is 0 Å². The summed E-state index contributed by atoms with van der Waals surface area (Å²) in [5, 5.41) is 48.3. The number of β-amino-alcohol motifs (C(OH)–C–C–N with tert-alkyl or cyclic N) is 1. The number of benzene rings is 2. The van der Waals surface area contributed by atoms with Crippen molar-refractivity contribution in [2.45, 2.75) is 108 Å². The summed E-state index contributed by atoms with van der Waals surface area (Å²) in [5.74, 6) is -1.20. The molecule has 0 aromatic heterocycles. The van der Waals surface area contributed by atoms with E-state index in [-0.39, 0.29) is 25.3 Å². The third kappa shape index (κ3) is 7.59. The molecule has 268 valence electrons. The van der Waals surface area contributed by atoms with Crippen molar-refractivity contribution in [3.8, 4) is 0 Å². The zero-order chi connectivity index (χ0) is 35.7. The molecule has 2 fully saturated rings. The molecule has 0 radical (unpaired) electrons. The minimum atomic E-state index is -1.56. The molecular weight excluding hydrogens is 637 g/mol. The Morgan fingerprint density at radius 1 is 1.06 bits per heavy atom. The monoisotopic (exact) mass is 685 g/mol. The maximum Gasteiger partial charge on any atom is 0.248 e. The standard InChI is InChI=1S/C36H48FN3O9/c1-17-7-12-25-26(13-17)27(15-23-14-24(41)16-40(23)35(46)29(19(3)47-6)39-34(45)18(2)38-5)28(21-8-10-22(37)11-9-21)33(25)49-36-32(44)31(43)30(42)20(4)48-36/h7-13,18-20,23-24,29-33,36,38,41-44H,14-16H2,1-6H3,(H,39,45)/t18-,19?,20-,23-,24-,29+,30+,31+,32-,33?,36?/m0/s1. The first-order valence-electron chi connectivity index (χ1n) is 16.7. The lowest BCUT2D eigenvalue weighted by atomic mass is 9.92. The number of methoxy groups -OCH3 is 1. The number of ether oxygens (including phenoxy) is 3. The SMILES string of the molecule is CN[C@@H](C)C(=O)N[C@@H](C(=O)N1C[C@@H](O)C[C@H]1CC1=C(c2ccc(F)cc2)C(OC2O[C@@H](C)[C@@H](O)[C@@H](O)[C@@H]2O)c2ccc(C)cc21)C(C)OC. The molecule has 0 bridgehead atoms. The Bertz CT molecular complexity index is 1540. The average Bonchev–Trinajstić information content (AvgIpc) is 3.60. The van der Waals surface area contributed by atoms with Crippen LogP contribution >= 0.6 is 0 Å². The van der Waals surface area contributed by atoms with Gasteiger partial charge in [-0.1, -0.05) is 35.9 Å². The van der Waals surface area contributed by atoms with Crippen LogP contribution in [0.2, 0.25) is 0 Å². The van der Waals surface area contributed by atoms with Gasteiger partial charge in [-0.05, 0) is 87.6 Å². The van der Waals surface area contributed by atoms with E-state index in [2.05, 4.69) is 10.6 Å². The quantitative estimate of drug-likeness (QED) is 0.204. The van der Waals surface area contributed by atoms with Gasteiger partial charge >= 0.3 is 0 Å². The minimum Gasteiger partial charge on any atom is -0.391 e. The van der Waals surface area contributed by atoms with Gasteiger partial charge in [-0.2, -0.15) is 0 Å². The molecule has 2 heterocycles. The van der Waals surface area contributed by atoms with Gasteiger partial charge in [0, 0.05) is 19.7 Å². The lowest BCUT2D eigenvalue weighted by molar-refractivity contribution is -0.299. The minimum absolute atomic E-state index is 0.0495. The van der Waals surface area contributed by atoms with Crippen LogP contribution in [0.15, 0.2) is 42.5 Å². The van der Waals surface area contributed by atoms with E-state index in [9.17, 15) is 34.4 Å². The van der Waals surface area contributed by atoms with Crippen molar-refractivity contribution in [3.63, 3.8) is 0 Å². The Morgan fingerprint density at radius 2 is 1.76 bits per heavy atom. The molecule has 3 unspecified atom stereocenters. The van der Waals surface area contributed by atoms with Gasteiger partial charge in [0.05, 0.1) is 24.4 Å². The molecule has 3 aliphatic rings. The van der Waals surface area contributed by atoms with Crippen LogP contribution in [0.5, 0.6) is 0 Å². The van der Waals surface area contributed by atoms with Crippen molar-refractivity contribution in [2.24, 2.45) is 0 Å². The second-order valence-electron chi connectivity index (χ2n) is 13.4. The average molecular weight is 686 g/mol. The predicted octanol–water partition coefficient (Wildman–Crippen LogP) is 1.42. The molecule has 11 atom stereocenters. The molecule has 2 aromatic carbocycles. The van der Waals surface area contributed by atoms with Crippen molar-refractivity contribution in [1.29, 1.82) is 0 Å². The Morgan fingerprint density at radius 3 is 2.41 bits per heavy atom. The van der Waals surface area contributed by atoms with E-state index in [4.69, 9.17) is 14.2 Å². The number of rotatable bonds is 11.